The average molecular weight is 251 g/mol. The van der Waals surface area contributed by atoms with Crippen LogP contribution in [0.4, 0.5) is 0 Å². The highest BCUT2D eigenvalue weighted by Gasteiger charge is 2.52. The standard InChI is InChI=1S/C14H25N3O/c1-18-12-8-4-5-9-14(12)10-16-13(15)17(14)11-6-2-3-7-11/h11-12H,2-10H2,1H3,(H2,15,16). The lowest BCUT2D eigenvalue weighted by Gasteiger charge is -2.49. The molecule has 2 N–H and O–H groups in total. The van der Waals surface area contributed by atoms with Crippen LogP contribution in [-0.2, 0) is 4.74 Å². The third-order valence-electron chi connectivity index (χ3n) is 5.14. The first-order valence-corrected chi connectivity index (χ1v) is 7.40. The quantitative estimate of drug-likeness (QED) is 0.815. The predicted molar refractivity (Wildman–Crippen MR) is 72.6 cm³/mol. The van der Waals surface area contributed by atoms with E-state index in [1.165, 1.54) is 44.9 Å². The first kappa shape index (κ1) is 12.3. The number of hydrogen-bond donors (Lipinski definition) is 1. The minimum absolute atomic E-state index is 0.0755. The van der Waals surface area contributed by atoms with Crippen molar-refractivity contribution in [2.45, 2.75) is 69.1 Å². The van der Waals surface area contributed by atoms with Crippen LogP contribution in [0, 0.1) is 0 Å². The van der Waals surface area contributed by atoms with Gasteiger partial charge in [0, 0.05) is 13.2 Å². The summed E-state index contributed by atoms with van der Waals surface area (Å²) >= 11 is 0. The molecule has 0 aromatic heterocycles. The highest BCUT2D eigenvalue weighted by Crippen LogP contribution is 2.42. The van der Waals surface area contributed by atoms with Crippen molar-refractivity contribution in [1.82, 2.24) is 4.90 Å². The third kappa shape index (κ3) is 1.73. The SMILES string of the molecule is COC1CCCCC12CN=C(N)N2C1CCCC1. The van der Waals surface area contributed by atoms with Gasteiger partial charge in [-0.25, -0.2) is 0 Å². The van der Waals surface area contributed by atoms with Gasteiger partial charge in [0.25, 0.3) is 0 Å². The summed E-state index contributed by atoms with van der Waals surface area (Å²) < 4.78 is 5.80. The van der Waals surface area contributed by atoms with Gasteiger partial charge in [0.15, 0.2) is 5.96 Å². The van der Waals surface area contributed by atoms with Crippen LogP contribution in [-0.4, -0.2) is 42.2 Å². The second kappa shape index (κ2) is 4.72. The van der Waals surface area contributed by atoms with Gasteiger partial charge in [0.1, 0.15) is 0 Å². The van der Waals surface area contributed by atoms with Crippen LogP contribution in [0.3, 0.4) is 0 Å². The van der Waals surface area contributed by atoms with Crippen molar-refractivity contribution in [2.75, 3.05) is 13.7 Å². The van der Waals surface area contributed by atoms with Gasteiger partial charge in [0.2, 0.25) is 0 Å². The van der Waals surface area contributed by atoms with Crippen LogP contribution in [0.2, 0.25) is 0 Å². The van der Waals surface area contributed by atoms with E-state index in [2.05, 4.69) is 9.89 Å². The van der Waals surface area contributed by atoms with Crippen molar-refractivity contribution >= 4 is 5.96 Å². The van der Waals surface area contributed by atoms with E-state index >= 15 is 0 Å². The summed E-state index contributed by atoms with van der Waals surface area (Å²) in [5.41, 5.74) is 6.28. The summed E-state index contributed by atoms with van der Waals surface area (Å²) in [5, 5.41) is 0. The molecule has 0 radical (unpaired) electrons. The van der Waals surface area contributed by atoms with Crippen molar-refractivity contribution in [3.8, 4) is 0 Å². The summed E-state index contributed by atoms with van der Waals surface area (Å²) in [6.07, 6.45) is 10.4. The van der Waals surface area contributed by atoms with E-state index in [0.29, 0.717) is 12.1 Å². The van der Waals surface area contributed by atoms with Crippen LogP contribution < -0.4 is 5.73 Å². The number of methoxy groups -OCH3 is 1. The lowest BCUT2D eigenvalue weighted by molar-refractivity contribution is -0.0530. The lowest BCUT2D eigenvalue weighted by Crippen LogP contribution is -2.63. The number of hydrogen-bond acceptors (Lipinski definition) is 4. The fourth-order valence-corrected chi connectivity index (χ4v) is 4.30. The zero-order valence-electron chi connectivity index (χ0n) is 11.4. The Morgan fingerprint density at radius 1 is 1.22 bits per heavy atom. The molecular weight excluding hydrogens is 226 g/mol. The van der Waals surface area contributed by atoms with Crippen molar-refractivity contribution in [3.05, 3.63) is 0 Å². The maximum absolute atomic E-state index is 6.20. The molecule has 0 saturated heterocycles. The fraction of sp³-hybridized carbons (Fsp3) is 0.929. The molecule has 3 aliphatic rings. The van der Waals surface area contributed by atoms with Gasteiger partial charge in [-0.3, -0.25) is 4.99 Å². The molecule has 102 valence electrons. The molecule has 4 heteroatoms. The van der Waals surface area contributed by atoms with Gasteiger partial charge >= 0.3 is 0 Å². The maximum atomic E-state index is 6.20. The number of guanidine groups is 1. The monoisotopic (exact) mass is 251 g/mol. The van der Waals surface area contributed by atoms with Crippen molar-refractivity contribution in [1.29, 1.82) is 0 Å². The largest absolute Gasteiger partial charge is 0.379 e. The predicted octanol–water partition coefficient (Wildman–Crippen LogP) is 1.89. The minimum atomic E-state index is 0.0755. The molecule has 1 spiro atoms. The third-order valence-corrected chi connectivity index (χ3v) is 5.14. The molecule has 2 atom stereocenters. The molecule has 1 aliphatic heterocycles. The van der Waals surface area contributed by atoms with E-state index in [9.17, 15) is 0 Å². The van der Waals surface area contributed by atoms with Gasteiger partial charge in [-0.15, -0.1) is 0 Å². The Kier molecular flexibility index (Phi) is 3.22. The number of ether oxygens (including phenoxy) is 1. The summed E-state index contributed by atoms with van der Waals surface area (Å²) in [5.74, 6) is 0.769. The Morgan fingerprint density at radius 2 is 1.94 bits per heavy atom. The molecule has 3 rings (SSSR count). The van der Waals surface area contributed by atoms with E-state index in [1.807, 2.05) is 7.11 Å². The Morgan fingerprint density at radius 3 is 2.67 bits per heavy atom. The Balaban J connectivity index is 1.88. The molecule has 0 bridgehead atoms. The molecular formula is C14H25N3O. The molecule has 18 heavy (non-hydrogen) atoms. The second-order valence-electron chi connectivity index (χ2n) is 6.06. The normalized spacial score (nSPS) is 37.5. The summed E-state index contributed by atoms with van der Waals surface area (Å²) in [6, 6.07) is 0.604. The highest BCUT2D eigenvalue weighted by atomic mass is 16.5. The minimum Gasteiger partial charge on any atom is -0.379 e. The van der Waals surface area contributed by atoms with Crippen LogP contribution in [0.15, 0.2) is 4.99 Å². The Bertz CT molecular complexity index is 338. The summed E-state index contributed by atoms with van der Waals surface area (Å²) in [4.78, 5) is 7.03. The Hall–Kier alpha value is -0.770. The first-order chi connectivity index (χ1) is 8.78. The molecule has 0 aromatic rings. The molecule has 0 aromatic carbocycles. The fourth-order valence-electron chi connectivity index (χ4n) is 4.30. The maximum Gasteiger partial charge on any atom is 0.192 e. The van der Waals surface area contributed by atoms with E-state index < -0.39 is 0 Å². The van der Waals surface area contributed by atoms with Gasteiger partial charge < -0.3 is 15.4 Å². The first-order valence-electron chi connectivity index (χ1n) is 7.40. The van der Waals surface area contributed by atoms with Crippen molar-refractivity contribution in [3.63, 3.8) is 0 Å². The van der Waals surface area contributed by atoms with Crippen molar-refractivity contribution in [2.24, 2.45) is 10.7 Å². The number of nitrogens with zero attached hydrogens (tertiary/aromatic N) is 2. The molecule has 4 nitrogen and oxygen atoms in total. The zero-order valence-corrected chi connectivity index (χ0v) is 11.4. The van der Waals surface area contributed by atoms with E-state index in [1.54, 1.807) is 0 Å². The number of aliphatic imine (C=N–C) groups is 1. The van der Waals surface area contributed by atoms with Crippen LogP contribution in [0.25, 0.3) is 0 Å². The number of rotatable bonds is 2. The topological polar surface area (TPSA) is 50.9 Å². The number of nitrogens with two attached hydrogens (primary N) is 1. The molecule has 2 unspecified atom stereocenters. The smallest absolute Gasteiger partial charge is 0.192 e. The molecule has 2 fully saturated rings. The van der Waals surface area contributed by atoms with E-state index in [0.717, 1.165) is 18.9 Å². The van der Waals surface area contributed by atoms with Gasteiger partial charge in [0.05, 0.1) is 18.2 Å². The van der Waals surface area contributed by atoms with Crippen LogP contribution in [0.5, 0.6) is 0 Å². The van der Waals surface area contributed by atoms with E-state index in [-0.39, 0.29) is 5.54 Å². The molecule has 0 amide bonds. The van der Waals surface area contributed by atoms with Crippen molar-refractivity contribution < 1.29 is 4.74 Å². The molecule has 2 saturated carbocycles. The van der Waals surface area contributed by atoms with Crippen LogP contribution in [0.1, 0.15) is 51.4 Å². The Labute approximate surface area is 110 Å². The zero-order chi connectivity index (χ0) is 12.6. The highest BCUT2D eigenvalue weighted by molar-refractivity contribution is 5.81. The van der Waals surface area contributed by atoms with Gasteiger partial charge in [-0.05, 0) is 25.7 Å². The average Bonchev–Trinajstić information content (AvgIpc) is 2.99. The van der Waals surface area contributed by atoms with Gasteiger partial charge in [-0.1, -0.05) is 25.7 Å². The molecule has 1 heterocycles. The molecule has 2 aliphatic carbocycles. The van der Waals surface area contributed by atoms with E-state index in [4.69, 9.17) is 10.5 Å². The summed E-state index contributed by atoms with van der Waals surface area (Å²) in [6.45, 7) is 0.841. The van der Waals surface area contributed by atoms with Crippen LogP contribution >= 0.6 is 0 Å². The summed E-state index contributed by atoms with van der Waals surface area (Å²) in [7, 11) is 1.85. The second-order valence-corrected chi connectivity index (χ2v) is 6.06. The lowest BCUT2D eigenvalue weighted by atomic mass is 9.77. The van der Waals surface area contributed by atoms with Gasteiger partial charge in [-0.2, -0.15) is 0 Å².